The van der Waals surface area contributed by atoms with Crippen molar-refractivity contribution in [1.82, 2.24) is 9.78 Å². The molecule has 4 nitrogen and oxygen atoms in total. The molecule has 0 bridgehead atoms. The summed E-state index contributed by atoms with van der Waals surface area (Å²) in [4.78, 5) is 4.76. The van der Waals surface area contributed by atoms with Gasteiger partial charge in [0.25, 0.3) is 0 Å². The summed E-state index contributed by atoms with van der Waals surface area (Å²) in [6, 6.07) is 11.3. The van der Waals surface area contributed by atoms with Crippen LogP contribution in [0, 0.1) is 0 Å². The lowest BCUT2D eigenvalue weighted by Gasteiger charge is -2.05. The summed E-state index contributed by atoms with van der Waals surface area (Å²) in [6.45, 7) is 4.24. The summed E-state index contributed by atoms with van der Waals surface area (Å²) < 4.78 is 1.95. The van der Waals surface area contributed by atoms with E-state index in [0.717, 1.165) is 23.0 Å². The highest BCUT2D eigenvalue weighted by Gasteiger charge is 2.19. The Balaban J connectivity index is 1.60. The first kappa shape index (κ1) is 14.2. The number of rotatable bonds is 4. The third kappa shape index (κ3) is 3.67. The number of benzene rings is 1. The van der Waals surface area contributed by atoms with Gasteiger partial charge in [-0.3, -0.25) is 9.67 Å². The monoisotopic (exact) mass is 300 g/mol. The van der Waals surface area contributed by atoms with Gasteiger partial charge < -0.3 is 5.32 Å². The van der Waals surface area contributed by atoms with Crippen LogP contribution in [0.15, 0.2) is 47.7 Å². The van der Waals surface area contributed by atoms with E-state index in [0.29, 0.717) is 12.1 Å². The van der Waals surface area contributed by atoms with Crippen LogP contribution in [0.2, 0.25) is 0 Å². The first-order valence-corrected chi connectivity index (χ1v) is 8.25. The van der Waals surface area contributed by atoms with Gasteiger partial charge in [0.15, 0.2) is 5.17 Å². The summed E-state index contributed by atoms with van der Waals surface area (Å²) in [5, 5.41) is 8.70. The summed E-state index contributed by atoms with van der Waals surface area (Å²) in [5.41, 5.74) is 2.36. The molecule has 3 rings (SSSR count). The number of nitrogens with one attached hydrogen (secondary N) is 1. The molecular formula is C16H20N4S. The number of hydrogen-bond acceptors (Lipinski definition) is 4. The highest BCUT2D eigenvalue weighted by atomic mass is 32.2. The lowest BCUT2D eigenvalue weighted by Crippen LogP contribution is -2.08. The minimum atomic E-state index is 0.361. The van der Waals surface area contributed by atoms with Crippen molar-refractivity contribution in [2.75, 3.05) is 11.1 Å². The third-order valence-corrected chi connectivity index (χ3v) is 4.44. The number of amidine groups is 1. The van der Waals surface area contributed by atoms with E-state index < -0.39 is 0 Å². The number of anilines is 1. The highest BCUT2D eigenvalue weighted by Crippen LogP contribution is 2.22. The average molecular weight is 300 g/mol. The van der Waals surface area contributed by atoms with Crippen LogP contribution in [-0.2, 0) is 6.42 Å². The number of nitrogens with zero attached hydrogens (tertiary/aromatic N) is 3. The van der Waals surface area contributed by atoms with Crippen molar-refractivity contribution in [3.05, 3.63) is 48.3 Å². The Morgan fingerprint density at radius 3 is 2.86 bits per heavy atom. The molecule has 0 saturated heterocycles. The highest BCUT2D eigenvalue weighted by molar-refractivity contribution is 8.14. The third-order valence-electron chi connectivity index (χ3n) is 3.41. The molecule has 1 unspecified atom stereocenters. The second kappa shape index (κ2) is 6.35. The minimum absolute atomic E-state index is 0.361. The van der Waals surface area contributed by atoms with Crippen LogP contribution in [0.5, 0.6) is 0 Å². The van der Waals surface area contributed by atoms with Crippen molar-refractivity contribution in [2.45, 2.75) is 32.4 Å². The topological polar surface area (TPSA) is 42.2 Å². The Morgan fingerprint density at radius 2 is 2.14 bits per heavy atom. The molecule has 0 aliphatic carbocycles. The molecule has 1 aromatic carbocycles. The lowest BCUT2D eigenvalue weighted by atomic mass is 10.1. The van der Waals surface area contributed by atoms with Crippen molar-refractivity contribution in [3.63, 3.8) is 0 Å². The minimum Gasteiger partial charge on any atom is -0.332 e. The number of thioether (sulfide) groups is 1. The Hall–Kier alpha value is -1.75. The van der Waals surface area contributed by atoms with E-state index >= 15 is 0 Å². The zero-order valence-corrected chi connectivity index (χ0v) is 13.2. The fourth-order valence-electron chi connectivity index (χ4n) is 2.28. The SMILES string of the molecule is CC(C)n1cc(NC2=NC(Cc3ccccc3)CS2)cn1. The van der Waals surface area contributed by atoms with Crippen molar-refractivity contribution in [3.8, 4) is 0 Å². The normalized spacial score (nSPS) is 18.0. The second-order valence-electron chi connectivity index (χ2n) is 5.52. The first-order valence-electron chi connectivity index (χ1n) is 7.26. The molecule has 21 heavy (non-hydrogen) atoms. The van der Waals surface area contributed by atoms with Crippen LogP contribution in [0.25, 0.3) is 0 Å². The van der Waals surface area contributed by atoms with Gasteiger partial charge in [-0.15, -0.1) is 0 Å². The lowest BCUT2D eigenvalue weighted by molar-refractivity contribution is 0.532. The summed E-state index contributed by atoms with van der Waals surface area (Å²) in [6.07, 6.45) is 4.89. The molecule has 1 N–H and O–H groups in total. The maximum absolute atomic E-state index is 4.76. The molecule has 110 valence electrons. The smallest absolute Gasteiger partial charge is 0.161 e. The van der Waals surface area contributed by atoms with E-state index in [9.17, 15) is 0 Å². The Labute approximate surface area is 129 Å². The zero-order valence-electron chi connectivity index (χ0n) is 12.4. The van der Waals surface area contributed by atoms with E-state index in [1.165, 1.54) is 5.56 Å². The van der Waals surface area contributed by atoms with Crippen LogP contribution >= 0.6 is 11.8 Å². The van der Waals surface area contributed by atoms with Crippen LogP contribution in [-0.4, -0.2) is 26.7 Å². The molecule has 5 heteroatoms. The van der Waals surface area contributed by atoms with Gasteiger partial charge in [0.2, 0.25) is 0 Å². The quantitative estimate of drug-likeness (QED) is 0.938. The van der Waals surface area contributed by atoms with Gasteiger partial charge >= 0.3 is 0 Å². The molecule has 0 fully saturated rings. The Bertz CT molecular complexity index is 618. The van der Waals surface area contributed by atoms with E-state index in [-0.39, 0.29) is 0 Å². The Morgan fingerprint density at radius 1 is 1.33 bits per heavy atom. The van der Waals surface area contributed by atoms with Crippen molar-refractivity contribution < 1.29 is 0 Å². The fourth-order valence-corrected chi connectivity index (χ4v) is 3.24. The first-order chi connectivity index (χ1) is 10.2. The molecule has 1 atom stereocenters. The maximum atomic E-state index is 4.76. The second-order valence-corrected chi connectivity index (χ2v) is 6.53. The van der Waals surface area contributed by atoms with Crippen molar-refractivity contribution in [1.29, 1.82) is 0 Å². The molecule has 2 heterocycles. The molecule has 1 aliphatic rings. The maximum Gasteiger partial charge on any atom is 0.161 e. The van der Waals surface area contributed by atoms with E-state index in [1.807, 2.05) is 17.1 Å². The fraction of sp³-hybridized carbons (Fsp3) is 0.375. The number of aromatic nitrogens is 2. The van der Waals surface area contributed by atoms with Crippen molar-refractivity contribution >= 4 is 22.6 Å². The summed E-state index contributed by atoms with van der Waals surface area (Å²) in [5.74, 6) is 1.04. The van der Waals surface area contributed by atoms with Crippen LogP contribution in [0.3, 0.4) is 0 Å². The van der Waals surface area contributed by atoms with Crippen LogP contribution < -0.4 is 5.32 Å². The molecule has 1 aliphatic heterocycles. The van der Waals surface area contributed by atoms with Gasteiger partial charge in [-0.05, 0) is 25.8 Å². The molecule has 0 radical (unpaired) electrons. The van der Waals surface area contributed by atoms with Crippen LogP contribution in [0.4, 0.5) is 5.69 Å². The number of aliphatic imine (C=N–C) groups is 1. The van der Waals surface area contributed by atoms with Gasteiger partial charge in [0.1, 0.15) is 0 Å². The van der Waals surface area contributed by atoms with Gasteiger partial charge in [-0.1, -0.05) is 42.1 Å². The number of hydrogen-bond donors (Lipinski definition) is 1. The standard InChI is InChI=1S/C16H20N4S/c1-12(2)20-10-15(9-17-20)19-16-18-14(11-21-16)8-13-6-4-3-5-7-13/h3-7,9-10,12,14H,8,11H2,1-2H3,(H,18,19). The van der Waals surface area contributed by atoms with Gasteiger partial charge in [0.05, 0.1) is 17.9 Å². The largest absolute Gasteiger partial charge is 0.332 e. The predicted octanol–water partition coefficient (Wildman–Crippen LogP) is 3.59. The van der Waals surface area contributed by atoms with Gasteiger partial charge in [-0.2, -0.15) is 5.10 Å². The molecular weight excluding hydrogens is 280 g/mol. The summed E-state index contributed by atoms with van der Waals surface area (Å²) in [7, 11) is 0. The van der Waals surface area contributed by atoms with Gasteiger partial charge in [-0.25, -0.2) is 0 Å². The van der Waals surface area contributed by atoms with Gasteiger partial charge in [0, 0.05) is 18.0 Å². The van der Waals surface area contributed by atoms with Crippen LogP contribution in [0.1, 0.15) is 25.5 Å². The molecule has 1 aromatic heterocycles. The predicted molar refractivity (Wildman–Crippen MR) is 90.1 cm³/mol. The Kier molecular flexibility index (Phi) is 4.29. The molecule has 0 spiro atoms. The molecule has 2 aromatic rings. The van der Waals surface area contributed by atoms with Crippen molar-refractivity contribution in [2.24, 2.45) is 4.99 Å². The van der Waals surface area contributed by atoms with E-state index in [4.69, 9.17) is 4.99 Å². The summed E-state index contributed by atoms with van der Waals surface area (Å²) >= 11 is 1.78. The average Bonchev–Trinajstić information content (AvgIpc) is 3.10. The zero-order chi connectivity index (χ0) is 14.7. The molecule has 0 amide bonds. The van der Waals surface area contributed by atoms with E-state index in [1.54, 1.807) is 11.8 Å². The molecule has 0 saturated carbocycles. The van der Waals surface area contributed by atoms with E-state index in [2.05, 4.69) is 54.6 Å².